The van der Waals surface area contributed by atoms with E-state index in [1.54, 1.807) is 23.5 Å². The summed E-state index contributed by atoms with van der Waals surface area (Å²) >= 11 is 1.64. The molecule has 2 aromatic rings. The highest BCUT2D eigenvalue weighted by atomic mass is 32.1. The quantitative estimate of drug-likeness (QED) is 0.733. The Hall–Kier alpha value is -1.80. The summed E-state index contributed by atoms with van der Waals surface area (Å²) in [6.45, 7) is 4.43. The van der Waals surface area contributed by atoms with Gasteiger partial charge < -0.3 is 14.2 Å². The summed E-state index contributed by atoms with van der Waals surface area (Å²) in [6, 6.07) is 7.39. The highest BCUT2D eigenvalue weighted by Gasteiger charge is 2.30. The molecule has 0 radical (unpaired) electrons. The maximum atomic E-state index is 11.5. The predicted molar refractivity (Wildman–Crippen MR) is 103 cm³/mol. The molecule has 0 bridgehead atoms. The minimum absolute atomic E-state index is 0.00554. The number of likely N-dealkylation sites (tertiary alicyclic amines) is 1. The Morgan fingerprint density at radius 3 is 2.59 bits per heavy atom. The maximum Gasteiger partial charge on any atom is 0.337 e. The topological polar surface area (TPSA) is 60.9 Å². The molecule has 0 aliphatic carbocycles. The van der Waals surface area contributed by atoms with E-state index >= 15 is 0 Å². The first kappa shape index (κ1) is 18.6. The van der Waals surface area contributed by atoms with Crippen molar-refractivity contribution >= 4 is 17.3 Å². The molecule has 2 saturated heterocycles. The van der Waals surface area contributed by atoms with Crippen LogP contribution in [0, 0.1) is 5.92 Å². The maximum absolute atomic E-state index is 11.5. The molecule has 1 aromatic heterocycles. The lowest BCUT2D eigenvalue weighted by Gasteiger charge is -2.33. The largest absolute Gasteiger partial charge is 0.465 e. The van der Waals surface area contributed by atoms with E-state index < -0.39 is 0 Å². The van der Waals surface area contributed by atoms with Gasteiger partial charge in [0.15, 0.2) is 6.29 Å². The van der Waals surface area contributed by atoms with Gasteiger partial charge in [-0.3, -0.25) is 4.90 Å². The van der Waals surface area contributed by atoms with Gasteiger partial charge in [0.25, 0.3) is 0 Å². The van der Waals surface area contributed by atoms with Crippen LogP contribution in [0.5, 0.6) is 0 Å². The van der Waals surface area contributed by atoms with Crippen molar-refractivity contribution in [3.8, 4) is 10.6 Å². The summed E-state index contributed by atoms with van der Waals surface area (Å²) in [5.41, 5.74) is 2.67. The second-order valence-electron chi connectivity index (χ2n) is 6.94. The minimum Gasteiger partial charge on any atom is -0.465 e. The molecule has 3 heterocycles. The summed E-state index contributed by atoms with van der Waals surface area (Å²) < 4.78 is 16.0. The molecule has 144 valence electrons. The summed E-state index contributed by atoms with van der Waals surface area (Å²) in [5, 5.41) is 3.10. The van der Waals surface area contributed by atoms with Gasteiger partial charge in [-0.25, -0.2) is 9.78 Å². The number of rotatable bonds is 5. The van der Waals surface area contributed by atoms with E-state index in [1.165, 1.54) is 7.11 Å². The fourth-order valence-electron chi connectivity index (χ4n) is 3.64. The van der Waals surface area contributed by atoms with E-state index in [2.05, 4.69) is 10.3 Å². The summed E-state index contributed by atoms with van der Waals surface area (Å²) in [6.07, 6.45) is 2.22. The van der Waals surface area contributed by atoms with E-state index in [4.69, 9.17) is 19.2 Å². The van der Waals surface area contributed by atoms with Crippen molar-refractivity contribution in [3.05, 3.63) is 40.9 Å². The molecule has 0 saturated carbocycles. The fourth-order valence-corrected chi connectivity index (χ4v) is 4.46. The first-order valence-electron chi connectivity index (χ1n) is 9.31. The van der Waals surface area contributed by atoms with Gasteiger partial charge >= 0.3 is 5.97 Å². The lowest BCUT2D eigenvalue weighted by molar-refractivity contribution is -0.0978. The molecule has 0 amide bonds. The van der Waals surface area contributed by atoms with Crippen LogP contribution in [-0.2, 0) is 20.8 Å². The van der Waals surface area contributed by atoms with Crippen LogP contribution in [0.2, 0.25) is 0 Å². The van der Waals surface area contributed by atoms with Gasteiger partial charge in [0.2, 0.25) is 0 Å². The number of benzene rings is 1. The van der Waals surface area contributed by atoms with Crippen molar-refractivity contribution in [1.29, 1.82) is 0 Å². The number of piperidine rings is 1. The molecule has 2 aliphatic rings. The van der Waals surface area contributed by atoms with Crippen LogP contribution in [-0.4, -0.2) is 55.6 Å². The van der Waals surface area contributed by atoms with E-state index in [0.29, 0.717) is 11.5 Å². The Morgan fingerprint density at radius 2 is 1.93 bits per heavy atom. The van der Waals surface area contributed by atoms with Crippen LogP contribution < -0.4 is 0 Å². The minimum atomic E-state index is -0.321. The first-order chi connectivity index (χ1) is 13.2. The number of nitrogens with zero attached hydrogens (tertiary/aromatic N) is 2. The van der Waals surface area contributed by atoms with Crippen LogP contribution in [0.25, 0.3) is 10.6 Å². The van der Waals surface area contributed by atoms with E-state index in [-0.39, 0.29) is 12.3 Å². The highest BCUT2D eigenvalue weighted by molar-refractivity contribution is 7.13. The third-order valence-corrected chi connectivity index (χ3v) is 6.10. The summed E-state index contributed by atoms with van der Waals surface area (Å²) in [7, 11) is 1.39. The van der Waals surface area contributed by atoms with Gasteiger partial charge in [-0.15, -0.1) is 11.3 Å². The number of esters is 1. The highest BCUT2D eigenvalue weighted by Crippen LogP contribution is 2.28. The number of thiazole rings is 1. The molecule has 1 aromatic carbocycles. The summed E-state index contributed by atoms with van der Waals surface area (Å²) in [4.78, 5) is 18.8. The van der Waals surface area contributed by atoms with Crippen molar-refractivity contribution in [2.75, 3.05) is 33.4 Å². The molecule has 0 spiro atoms. The lowest BCUT2D eigenvalue weighted by Crippen LogP contribution is -2.37. The first-order valence-corrected chi connectivity index (χ1v) is 10.2. The van der Waals surface area contributed by atoms with Gasteiger partial charge in [0, 0.05) is 23.4 Å². The molecule has 27 heavy (non-hydrogen) atoms. The monoisotopic (exact) mass is 388 g/mol. The number of methoxy groups -OCH3 is 1. The van der Waals surface area contributed by atoms with Crippen molar-refractivity contribution in [1.82, 2.24) is 9.88 Å². The van der Waals surface area contributed by atoms with Crippen molar-refractivity contribution in [2.24, 2.45) is 5.92 Å². The van der Waals surface area contributed by atoms with Gasteiger partial charge in [-0.1, -0.05) is 12.1 Å². The number of carbonyl (C=O) groups excluding carboxylic acids is 1. The molecule has 0 atom stereocenters. The van der Waals surface area contributed by atoms with E-state index in [9.17, 15) is 4.79 Å². The Labute approximate surface area is 163 Å². The average Bonchev–Trinajstić information content (AvgIpc) is 3.40. The number of hydrogen-bond donors (Lipinski definition) is 0. The molecule has 4 rings (SSSR count). The predicted octanol–water partition coefficient (Wildman–Crippen LogP) is 3.18. The van der Waals surface area contributed by atoms with Gasteiger partial charge in [-0.2, -0.15) is 0 Å². The molecule has 2 aliphatic heterocycles. The van der Waals surface area contributed by atoms with Crippen LogP contribution >= 0.6 is 11.3 Å². The molecular formula is C20H24N2O4S. The molecule has 6 nitrogen and oxygen atoms in total. The number of aromatic nitrogens is 1. The zero-order chi connectivity index (χ0) is 18.6. The Bertz CT molecular complexity index is 763. The Morgan fingerprint density at radius 1 is 1.22 bits per heavy atom. The molecule has 0 N–H and O–H groups in total. The SMILES string of the molecule is COC(=O)c1ccc(-c2nc(CN3CCC(C4OCCO4)CC3)cs2)cc1. The van der Waals surface area contributed by atoms with Crippen LogP contribution in [0.1, 0.15) is 28.9 Å². The number of ether oxygens (including phenoxy) is 3. The molecule has 2 fully saturated rings. The van der Waals surface area contributed by atoms with Crippen molar-refractivity contribution in [2.45, 2.75) is 25.7 Å². The van der Waals surface area contributed by atoms with Crippen LogP contribution in [0.15, 0.2) is 29.6 Å². The lowest BCUT2D eigenvalue weighted by atomic mass is 9.96. The van der Waals surface area contributed by atoms with Crippen molar-refractivity contribution < 1.29 is 19.0 Å². The third-order valence-electron chi connectivity index (χ3n) is 5.16. The van der Waals surface area contributed by atoms with E-state index in [1.807, 2.05) is 12.1 Å². The smallest absolute Gasteiger partial charge is 0.337 e. The van der Waals surface area contributed by atoms with Crippen LogP contribution in [0.3, 0.4) is 0 Å². The van der Waals surface area contributed by atoms with Gasteiger partial charge in [0.1, 0.15) is 5.01 Å². The second kappa shape index (κ2) is 8.48. The van der Waals surface area contributed by atoms with Crippen LogP contribution in [0.4, 0.5) is 0 Å². The number of carbonyl (C=O) groups is 1. The molecule has 0 unspecified atom stereocenters. The zero-order valence-corrected chi connectivity index (χ0v) is 16.2. The van der Waals surface area contributed by atoms with Gasteiger partial charge in [0.05, 0.1) is 31.6 Å². The molecular weight excluding hydrogens is 364 g/mol. The molecule has 7 heteroatoms. The van der Waals surface area contributed by atoms with Gasteiger partial charge in [-0.05, 0) is 38.1 Å². The average molecular weight is 388 g/mol. The zero-order valence-electron chi connectivity index (χ0n) is 15.4. The fraction of sp³-hybridized carbons (Fsp3) is 0.500. The van der Waals surface area contributed by atoms with Crippen molar-refractivity contribution in [3.63, 3.8) is 0 Å². The van der Waals surface area contributed by atoms with E-state index in [0.717, 1.165) is 62.0 Å². The Balaban J connectivity index is 1.32. The standard InChI is InChI=1S/C20H24N2O4S/c1-24-19(23)15-4-2-14(3-5-15)18-21-17(13-27-18)12-22-8-6-16(7-9-22)20-25-10-11-26-20/h2-5,13,16,20H,6-12H2,1H3. The summed E-state index contributed by atoms with van der Waals surface area (Å²) in [5.74, 6) is 0.196. The normalized spacial score (nSPS) is 19.4. The Kier molecular flexibility index (Phi) is 5.83. The second-order valence-corrected chi connectivity index (χ2v) is 7.79. The third kappa shape index (κ3) is 4.38. The number of hydrogen-bond acceptors (Lipinski definition) is 7.